The van der Waals surface area contributed by atoms with Crippen LogP contribution in [-0.4, -0.2) is 16.7 Å². The summed E-state index contributed by atoms with van der Waals surface area (Å²) in [7, 11) is 0. The van der Waals surface area contributed by atoms with E-state index in [1.165, 1.54) is 0 Å². The molecule has 1 aliphatic rings. The molecule has 0 aliphatic carbocycles. The van der Waals surface area contributed by atoms with Crippen molar-refractivity contribution in [3.05, 3.63) is 29.0 Å². The molecule has 1 fully saturated rings. The monoisotopic (exact) mass is 279 g/mol. The highest BCUT2D eigenvalue weighted by Gasteiger charge is 2.36. The van der Waals surface area contributed by atoms with Gasteiger partial charge >= 0.3 is 0 Å². The van der Waals surface area contributed by atoms with Crippen molar-refractivity contribution in [2.75, 3.05) is 12.3 Å². The van der Waals surface area contributed by atoms with E-state index >= 15 is 0 Å². The second-order valence-electron chi connectivity index (χ2n) is 4.84. The van der Waals surface area contributed by atoms with Gasteiger partial charge in [0.2, 0.25) is 5.82 Å². The van der Waals surface area contributed by atoms with E-state index in [9.17, 15) is 0 Å². The highest BCUT2D eigenvalue weighted by atomic mass is 35.5. The van der Waals surface area contributed by atoms with Crippen molar-refractivity contribution in [2.45, 2.75) is 25.4 Å². The van der Waals surface area contributed by atoms with Crippen LogP contribution in [0.4, 0.5) is 5.69 Å². The van der Waals surface area contributed by atoms with E-state index < -0.39 is 5.60 Å². The van der Waals surface area contributed by atoms with Crippen molar-refractivity contribution in [3.8, 4) is 11.5 Å². The molecule has 1 saturated heterocycles. The van der Waals surface area contributed by atoms with E-state index in [0.717, 1.165) is 19.4 Å². The lowest BCUT2D eigenvalue weighted by molar-refractivity contribution is 0.00768. The minimum absolute atomic E-state index is 0.367. The number of aromatic nitrogens is 2. The summed E-state index contributed by atoms with van der Waals surface area (Å²) in [5.41, 5.74) is 6.64. The van der Waals surface area contributed by atoms with E-state index in [-0.39, 0.29) is 0 Å². The van der Waals surface area contributed by atoms with Crippen molar-refractivity contribution in [1.29, 1.82) is 0 Å². The van der Waals surface area contributed by atoms with Gasteiger partial charge in [-0.15, -0.1) is 0 Å². The van der Waals surface area contributed by atoms with E-state index in [1.807, 2.05) is 6.92 Å². The summed E-state index contributed by atoms with van der Waals surface area (Å²) < 4.78 is 11.0. The van der Waals surface area contributed by atoms with Crippen LogP contribution in [0.25, 0.3) is 11.5 Å². The standard InChI is InChI=1S/C13H14ClN3O2/c1-13(5-2-6-18-13)12-16-11(19-17-12)9-7-8(14)3-4-10(9)15/h3-4,7H,2,5-6,15H2,1H3. The van der Waals surface area contributed by atoms with E-state index in [2.05, 4.69) is 10.1 Å². The smallest absolute Gasteiger partial charge is 0.260 e. The molecule has 1 atom stereocenters. The largest absolute Gasteiger partial charge is 0.398 e. The molecule has 2 N–H and O–H groups in total. The lowest BCUT2D eigenvalue weighted by Crippen LogP contribution is -2.21. The fraction of sp³-hybridized carbons (Fsp3) is 0.385. The van der Waals surface area contributed by atoms with Crippen LogP contribution in [0.15, 0.2) is 22.7 Å². The van der Waals surface area contributed by atoms with Gasteiger partial charge in [-0.05, 0) is 38.0 Å². The maximum Gasteiger partial charge on any atom is 0.260 e. The Hall–Kier alpha value is -1.59. The third-order valence-corrected chi connectivity index (χ3v) is 3.60. The van der Waals surface area contributed by atoms with Crippen molar-refractivity contribution in [3.63, 3.8) is 0 Å². The molecule has 6 heteroatoms. The second kappa shape index (κ2) is 4.51. The van der Waals surface area contributed by atoms with E-state index in [1.54, 1.807) is 18.2 Å². The number of nitrogens with zero attached hydrogens (tertiary/aromatic N) is 2. The lowest BCUT2D eigenvalue weighted by Gasteiger charge is -2.17. The SMILES string of the molecule is CC1(c2noc(-c3cc(Cl)ccc3N)n2)CCCO1. The van der Waals surface area contributed by atoms with Gasteiger partial charge in [-0.2, -0.15) is 4.98 Å². The molecular weight excluding hydrogens is 266 g/mol. The Labute approximate surface area is 115 Å². The van der Waals surface area contributed by atoms with Crippen LogP contribution in [0, 0.1) is 0 Å². The average Bonchev–Trinajstić information content (AvgIpc) is 3.02. The molecule has 5 nitrogen and oxygen atoms in total. The van der Waals surface area contributed by atoms with Crippen LogP contribution in [0.3, 0.4) is 0 Å². The van der Waals surface area contributed by atoms with Crippen LogP contribution < -0.4 is 5.73 Å². The molecule has 0 radical (unpaired) electrons. The zero-order valence-corrected chi connectivity index (χ0v) is 11.3. The molecule has 2 heterocycles. The summed E-state index contributed by atoms with van der Waals surface area (Å²) in [6, 6.07) is 5.15. The topological polar surface area (TPSA) is 74.2 Å². The van der Waals surface area contributed by atoms with Gasteiger partial charge in [0.05, 0.1) is 5.56 Å². The summed E-state index contributed by atoms with van der Waals surface area (Å²) in [6.07, 6.45) is 1.89. The molecular formula is C13H14ClN3O2. The molecule has 100 valence electrons. The van der Waals surface area contributed by atoms with Crippen LogP contribution in [0.1, 0.15) is 25.6 Å². The first kappa shape index (κ1) is 12.4. The van der Waals surface area contributed by atoms with Crippen LogP contribution >= 0.6 is 11.6 Å². The molecule has 0 amide bonds. The highest BCUT2D eigenvalue weighted by molar-refractivity contribution is 6.31. The Morgan fingerprint density at radius 2 is 2.26 bits per heavy atom. The minimum Gasteiger partial charge on any atom is -0.398 e. The Bertz CT molecular complexity index is 606. The number of halogens is 1. The summed E-state index contributed by atoms with van der Waals surface area (Å²) >= 11 is 5.96. The molecule has 19 heavy (non-hydrogen) atoms. The molecule has 0 saturated carbocycles. The third kappa shape index (κ3) is 2.19. The number of anilines is 1. The first-order valence-corrected chi connectivity index (χ1v) is 6.50. The predicted molar refractivity (Wildman–Crippen MR) is 71.7 cm³/mol. The molecule has 1 aromatic heterocycles. The quantitative estimate of drug-likeness (QED) is 0.856. The van der Waals surface area contributed by atoms with E-state index in [4.69, 9.17) is 26.6 Å². The molecule has 0 bridgehead atoms. The average molecular weight is 280 g/mol. The van der Waals surface area contributed by atoms with Gasteiger partial charge < -0.3 is 15.0 Å². The number of hydrogen-bond donors (Lipinski definition) is 1. The van der Waals surface area contributed by atoms with Gasteiger partial charge in [0.15, 0.2) is 0 Å². The van der Waals surface area contributed by atoms with Gasteiger partial charge in [0, 0.05) is 17.3 Å². The molecule has 3 rings (SSSR count). The maximum atomic E-state index is 5.96. The molecule has 1 aliphatic heterocycles. The highest BCUT2D eigenvalue weighted by Crippen LogP contribution is 2.35. The summed E-state index contributed by atoms with van der Waals surface area (Å²) in [5, 5.41) is 4.58. The lowest BCUT2D eigenvalue weighted by atomic mass is 10.0. The zero-order chi connectivity index (χ0) is 13.5. The predicted octanol–water partition coefficient (Wildman–Crippen LogP) is 3.00. The molecule has 0 spiro atoms. The van der Waals surface area contributed by atoms with Crippen molar-refractivity contribution in [2.24, 2.45) is 0 Å². The Balaban J connectivity index is 1.99. The summed E-state index contributed by atoms with van der Waals surface area (Å²) in [5.74, 6) is 0.922. The van der Waals surface area contributed by atoms with Crippen molar-refractivity contribution in [1.82, 2.24) is 10.1 Å². The fourth-order valence-electron chi connectivity index (χ4n) is 2.22. The zero-order valence-electron chi connectivity index (χ0n) is 10.5. The fourth-order valence-corrected chi connectivity index (χ4v) is 2.39. The number of rotatable bonds is 2. The first-order chi connectivity index (χ1) is 9.08. The first-order valence-electron chi connectivity index (χ1n) is 6.12. The van der Waals surface area contributed by atoms with Crippen molar-refractivity contribution >= 4 is 17.3 Å². The maximum absolute atomic E-state index is 5.96. The summed E-state index contributed by atoms with van der Waals surface area (Å²) in [6.45, 7) is 2.69. The molecule has 2 aromatic rings. The van der Waals surface area contributed by atoms with Gasteiger partial charge in [-0.25, -0.2) is 0 Å². The second-order valence-corrected chi connectivity index (χ2v) is 5.27. The third-order valence-electron chi connectivity index (χ3n) is 3.36. The number of hydrogen-bond acceptors (Lipinski definition) is 5. The van der Waals surface area contributed by atoms with Gasteiger partial charge in [-0.1, -0.05) is 16.8 Å². The Morgan fingerprint density at radius 1 is 1.42 bits per heavy atom. The normalized spacial score (nSPS) is 22.8. The number of ether oxygens (including phenoxy) is 1. The molecule has 1 aromatic carbocycles. The van der Waals surface area contributed by atoms with Crippen molar-refractivity contribution < 1.29 is 9.26 Å². The number of benzene rings is 1. The van der Waals surface area contributed by atoms with Crippen LogP contribution in [0.5, 0.6) is 0 Å². The number of nitrogens with two attached hydrogens (primary N) is 1. The molecule has 1 unspecified atom stereocenters. The van der Waals surface area contributed by atoms with Gasteiger partial charge in [0.25, 0.3) is 5.89 Å². The number of nitrogen functional groups attached to an aromatic ring is 1. The Morgan fingerprint density at radius 3 is 3.00 bits per heavy atom. The Kier molecular flexibility index (Phi) is 2.95. The minimum atomic E-state index is -0.463. The van der Waals surface area contributed by atoms with E-state index in [0.29, 0.717) is 28.0 Å². The van der Waals surface area contributed by atoms with Gasteiger partial charge in [0.1, 0.15) is 5.60 Å². The summed E-state index contributed by atoms with van der Waals surface area (Å²) in [4.78, 5) is 4.39. The van der Waals surface area contributed by atoms with Crippen LogP contribution in [0.2, 0.25) is 5.02 Å². The van der Waals surface area contributed by atoms with Crippen LogP contribution in [-0.2, 0) is 10.3 Å². The van der Waals surface area contributed by atoms with Gasteiger partial charge in [-0.3, -0.25) is 0 Å².